The van der Waals surface area contributed by atoms with Crippen LogP contribution in [-0.2, 0) is 6.54 Å². The van der Waals surface area contributed by atoms with Gasteiger partial charge in [0.1, 0.15) is 24.0 Å². The second-order valence-electron chi connectivity index (χ2n) is 6.82. The Balaban J connectivity index is 2.00. The number of carboxylic acids is 1. The van der Waals surface area contributed by atoms with Crippen molar-refractivity contribution in [2.75, 3.05) is 0 Å². The molecule has 4 rings (SSSR count). The molecule has 1 N–H and O–H groups in total. The molecule has 158 valence electrons. The number of hydrogen-bond donors (Lipinski definition) is 1. The molecule has 0 saturated heterocycles. The maximum absolute atomic E-state index is 14.4. The molecule has 3 aromatic carbocycles. The van der Waals surface area contributed by atoms with E-state index in [1.54, 1.807) is 12.1 Å². The van der Waals surface area contributed by atoms with Crippen molar-refractivity contribution in [1.82, 2.24) is 9.55 Å². The highest BCUT2D eigenvalue weighted by atomic mass is 19.4. The molecule has 0 aliphatic heterocycles. The van der Waals surface area contributed by atoms with Crippen LogP contribution in [0.4, 0.5) is 22.0 Å². The molecule has 0 atom stereocenters. The highest BCUT2D eigenvalue weighted by molar-refractivity contribution is 5.94. The van der Waals surface area contributed by atoms with Crippen molar-refractivity contribution in [1.29, 1.82) is 0 Å². The van der Waals surface area contributed by atoms with E-state index in [0.29, 0.717) is 6.07 Å². The fraction of sp³-hybridized carbons (Fsp3) is 0.0909. The lowest BCUT2D eigenvalue weighted by atomic mass is 9.98. The minimum Gasteiger partial charge on any atom is -0.478 e. The summed E-state index contributed by atoms with van der Waals surface area (Å²) in [5.41, 5.74) is 0.394. The topological polar surface area (TPSA) is 55.1 Å². The molecule has 0 radical (unpaired) electrons. The van der Waals surface area contributed by atoms with Gasteiger partial charge in [-0.2, -0.15) is 13.2 Å². The molecule has 9 heteroatoms. The molecule has 4 aromatic rings. The molecule has 1 heterocycles. The molecule has 0 unspecified atom stereocenters. The lowest BCUT2D eigenvalue weighted by molar-refractivity contribution is -0.139. The summed E-state index contributed by atoms with van der Waals surface area (Å²) in [5, 5.41) is 9.18. The van der Waals surface area contributed by atoms with Crippen LogP contribution in [-0.4, -0.2) is 26.8 Å². The first-order chi connectivity index (χ1) is 14.6. The van der Waals surface area contributed by atoms with E-state index in [0.717, 1.165) is 10.6 Å². The molecule has 0 aliphatic carbocycles. The third kappa shape index (κ3) is 3.98. The summed E-state index contributed by atoms with van der Waals surface area (Å²) in [6, 6.07) is 12.6. The number of fused-ring (bicyclic) bond motifs is 1. The average molecular weight is 432 g/mol. The largest absolute Gasteiger partial charge is 0.478 e. The zero-order valence-corrected chi connectivity index (χ0v) is 15.6. The van der Waals surface area contributed by atoms with Crippen LogP contribution in [0.25, 0.3) is 33.5 Å². The zero-order valence-electron chi connectivity index (χ0n) is 15.6. The number of nitrogens with zero attached hydrogens (tertiary/aromatic N) is 2. The van der Waals surface area contributed by atoms with Crippen molar-refractivity contribution in [2.24, 2.45) is 0 Å². The van der Waals surface area contributed by atoms with E-state index in [1.165, 1.54) is 36.4 Å². The maximum Gasteiger partial charge on any atom is 0.406 e. The van der Waals surface area contributed by atoms with Gasteiger partial charge in [0, 0.05) is 17.2 Å². The minimum atomic E-state index is -4.59. The molecule has 0 amide bonds. The number of carbonyl (C=O) groups is 1. The van der Waals surface area contributed by atoms with Crippen molar-refractivity contribution >= 4 is 17.0 Å². The summed E-state index contributed by atoms with van der Waals surface area (Å²) in [7, 11) is 0. The molecule has 0 bridgehead atoms. The lowest BCUT2D eigenvalue weighted by Gasteiger charge is -2.15. The fourth-order valence-electron chi connectivity index (χ4n) is 3.43. The summed E-state index contributed by atoms with van der Waals surface area (Å²) >= 11 is 0. The maximum atomic E-state index is 14.4. The molecule has 0 spiro atoms. The minimum absolute atomic E-state index is 0.00570. The Morgan fingerprint density at radius 3 is 2.29 bits per heavy atom. The number of alkyl halides is 3. The quantitative estimate of drug-likeness (QED) is 0.408. The zero-order chi connectivity index (χ0) is 22.3. The first kappa shape index (κ1) is 20.5. The van der Waals surface area contributed by atoms with Crippen molar-refractivity contribution in [3.05, 3.63) is 77.9 Å². The van der Waals surface area contributed by atoms with Gasteiger partial charge in [-0.3, -0.25) is 0 Å². The third-order valence-corrected chi connectivity index (χ3v) is 4.72. The van der Waals surface area contributed by atoms with Crippen molar-refractivity contribution in [3.63, 3.8) is 0 Å². The number of halogens is 5. The molecule has 0 saturated carbocycles. The lowest BCUT2D eigenvalue weighted by Crippen LogP contribution is -2.18. The van der Waals surface area contributed by atoms with Crippen LogP contribution in [0, 0.1) is 11.6 Å². The molecule has 1 aromatic heterocycles. The molecule has 4 nitrogen and oxygen atoms in total. The Morgan fingerprint density at radius 2 is 1.65 bits per heavy atom. The number of benzene rings is 3. The van der Waals surface area contributed by atoms with Crippen LogP contribution in [0.3, 0.4) is 0 Å². The monoisotopic (exact) mass is 432 g/mol. The highest BCUT2D eigenvalue weighted by Gasteiger charge is 2.31. The number of aromatic carboxylic acids is 1. The van der Waals surface area contributed by atoms with E-state index < -0.39 is 30.3 Å². The van der Waals surface area contributed by atoms with Gasteiger partial charge in [-0.25, -0.2) is 18.6 Å². The van der Waals surface area contributed by atoms with E-state index in [2.05, 4.69) is 4.98 Å². The normalized spacial score (nSPS) is 11.8. The van der Waals surface area contributed by atoms with E-state index in [1.807, 2.05) is 0 Å². The van der Waals surface area contributed by atoms with E-state index >= 15 is 0 Å². The SMILES string of the molecule is O=C(O)c1ccc2c(c1)nc(-c1ccccc1-c1ccc(F)cc1F)n2CC(F)(F)F. The number of imidazole rings is 1. The van der Waals surface area contributed by atoms with Gasteiger partial charge < -0.3 is 9.67 Å². The number of rotatable bonds is 4. The van der Waals surface area contributed by atoms with Crippen LogP contribution < -0.4 is 0 Å². The summed E-state index contributed by atoms with van der Waals surface area (Å²) in [6.45, 7) is -1.38. The Morgan fingerprint density at radius 1 is 0.935 bits per heavy atom. The molecular weight excluding hydrogens is 419 g/mol. The summed E-state index contributed by atoms with van der Waals surface area (Å²) < 4.78 is 68.7. The second kappa shape index (κ2) is 7.50. The fourth-order valence-corrected chi connectivity index (χ4v) is 3.43. The van der Waals surface area contributed by atoms with Gasteiger partial charge >= 0.3 is 12.1 Å². The van der Waals surface area contributed by atoms with Crippen molar-refractivity contribution in [2.45, 2.75) is 12.7 Å². The summed E-state index contributed by atoms with van der Waals surface area (Å²) in [4.78, 5) is 15.5. The van der Waals surface area contributed by atoms with Crippen LogP contribution in [0.2, 0.25) is 0 Å². The van der Waals surface area contributed by atoms with Crippen molar-refractivity contribution < 1.29 is 31.9 Å². The Hall–Kier alpha value is -3.75. The van der Waals surface area contributed by atoms with Gasteiger partial charge in [0.05, 0.1) is 16.6 Å². The van der Waals surface area contributed by atoms with Crippen LogP contribution in [0.15, 0.2) is 60.7 Å². The van der Waals surface area contributed by atoms with E-state index in [-0.39, 0.29) is 39.1 Å². The van der Waals surface area contributed by atoms with Crippen LogP contribution >= 0.6 is 0 Å². The standard InChI is InChI=1S/C22H13F5N2O2/c23-13-6-7-15(17(24)10-13)14-3-1-2-4-16(14)20-28-18-9-12(21(30)31)5-8-19(18)29(20)11-22(25,26)27/h1-10H,11H2,(H,30,31). The highest BCUT2D eigenvalue weighted by Crippen LogP contribution is 2.36. The van der Waals surface area contributed by atoms with Gasteiger partial charge in [-0.1, -0.05) is 24.3 Å². The number of carboxylic acid groups (broad SMARTS) is 1. The van der Waals surface area contributed by atoms with Gasteiger partial charge in [-0.05, 0) is 35.9 Å². The molecular formula is C22H13F5N2O2. The third-order valence-electron chi connectivity index (χ3n) is 4.72. The average Bonchev–Trinajstić information content (AvgIpc) is 3.04. The molecule has 0 aliphatic rings. The van der Waals surface area contributed by atoms with Gasteiger partial charge in [0.2, 0.25) is 0 Å². The van der Waals surface area contributed by atoms with Gasteiger partial charge in [-0.15, -0.1) is 0 Å². The Kier molecular flexibility index (Phi) is 4.96. The Labute approximate surface area is 172 Å². The smallest absolute Gasteiger partial charge is 0.406 e. The van der Waals surface area contributed by atoms with Gasteiger partial charge in [0.15, 0.2) is 0 Å². The Bertz CT molecular complexity index is 1310. The van der Waals surface area contributed by atoms with E-state index in [9.17, 15) is 31.9 Å². The predicted molar refractivity (Wildman–Crippen MR) is 104 cm³/mol. The van der Waals surface area contributed by atoms with Crippen LogP contribution in [0.1, 0.15) is 10.4 Å². The van der Waals surface area contributed by atoms with Gasteiger partial charge in [0.25, 0.3) is 0 Å². The molecule has 0 fully saturated rings. The predicted octanol–water partition coefficient (Wildman–Crippen LogP) is 5.91. The number of hydrogen-bond acceptors (Lipinski definition) is 2. The van der Waals surface area contributed by atoms with Crippen molar-refractivity contribution in [3.8, 4) is 22.5 Å². The summed E-state index contributed by atoms with van der Waals surface area (Å²) in [5.74, 6) is -3.03. The summed E-state index contributed by atoms with van der Waals surface area (Å²) in [6.07, 6.45) is -4.59. The van der Waals surface area contributed by atoms with Crippen LogP contribution in [0.5, 0.6) is 0 Å². The molecule has 31 heavy (non-hydrogen) atoms. The first-order valence-corrected chi connectivity index (χ1v) is 8.99. The first-order valence-electron chi connectivity index (χ1n) is 8.99. The second-order valence-corrected chi connectivity index (χ2v) is 6.82. The van der Waals surface area contributed by atoms with E-state index in [4.69, 9.17) is 0 Å². The number of aromatic nitrogens is 2.